The molecule has 0 unspecified atom stereocenters. The summed E-state index contributed by atoms with van der Waals surface area (Å²) in [7, 11) is 0. The lowest BCUT2D eigenvalue weighted by Crippen LogP contribution is -2.23. The second-order valence-corrected chi connectivity index (χ2v) is 6.30. The maximum atomic E-state index is 12.2. The minimum atomic E-state index is -0.114. The molecule has 0 atom stereocenters. The summed E-state index contributed by atoms with van der Waals surface area (Å²) in [5.74, 6) is -0.114. The first kappa shape index (κ1) is 14.6. The van der Waals surface area contributed by atoms with Gasteiger partial charge in [0, 0.05) is 29.1 Å². The quantitative estimate of drug-likeness (QED) is 0.872. The zero-order valence-electron chi connectivity index (χ0n) is 11.2. The molecule has 21 heavy (non-hydrogen) atoms. The Morgan fingerprint density at radius 3 is 2.81 bits per heavy atom. The Morgan fingerprint density at radius 2 is 2.00 bits per heavy atom. The first-order chi connectivity index (χ1) is 10.1. The number of carbonyl (C=O) groups excluding carboxylic acids is 1. The number of benzene rings is 2. The Morgan fingerprint density at radius 1 is 1.19 bits per heavy atom. The van der Waals surface area contributed by atoms with Crippen LogP contribution in [0, 0.1) is 0 Å². The third-order valence-electron chi connectivity index (χ3n) is 3.53. The fourth-order valence-corrected chi connectivity index (χ4v) is 3.27. The molecular weight excluding hydrogens is 352 g/mol. The molecule has 2 aromatic rings. The first-order valence-corrected chi connectivity index (χ1v) is 7.85. The molecule has 0 aromatic heterocycles. The number of amides is 1. The van der Waals surface area contributed by atoms with Gasteiger partial charge in [0.15, 0.2) is 0 Å². The fraction of sp³-hybridized carbons (Fsp3) is 0.188. The van der Waals surface area contributed by atoms with Crippen LogP contribution in [0.4, 0.5) is 0 Å². The van der Waals surface area contributed by atoms with Gasteiger partial charge in [0.05, 0.1) is 5.56 Å². The number of carbonyl (C=O) groups is 1. The summed E-state index contributed by atoms with van der Waals surface area (Å²) in [5, 5.41) is 6.85. The van der Waals surface area contributed by atoms with Crippen molar-refractivity contribution in [3.63, 3.8) is 0 Å². The van der Waals surface area contributed by atoms with Gasteiger partial charge in [-0.25, -0.2) is 0 Å². The predicted molar refractivity (Wildman–Crippen MR) is 87.3 cm³/mol. The van der Waals surface area contributed by atoms with E-state index < -0.39 is 0 Å². The molecule has 1 amide bonds. The molecule has 0 aliphatic carbocycles. The normalized spacial score (nSPS) is 13.0. The second kappa shape index (κ2) is 6.18. The Bertz CT molecular complexity index is 703. The highest BCUT2D eigenvalue weighted by atomic mass is 79.9. The van der Waals surface area contributed by atoms with Crippen LogP contribution in [-0.4, -0.2) is 5.91 Å². The van der Waals surface area contributed by atoms with Crippen LogP contribution < -0.4 is 10.6 Å². The van der Waals surface area contributed by atoms with Crippen molar-refractivity contribution in [1.29, 1.82) is 0 Å². The molecule has 1 heterocycles. The molecule has 0 fully saturated rings. The van der Waals surface area contributed by atoms with Crippen LogP contribution in [0.25, 0.3) is 0 Å². The molecule has 0 radical (unpaired) electrons. The molecule has 3 nitrogen and oxygen atoms in total. The van der Waals surface area contributed by atoms with Gasteiger partial charge >= 0.3 is 0 Å². The van der Waals surface area contributed by atoms with Gasteiger partial charge < -0.3 is 10.6 Å². The van der Waals surface area contributed by atoms with Gasteiger partial charge in [-0.2, -0.15) is 0 Å². The molecule has 0 saturated heterocycles. The highest BCUT2D eigenvalue weighted by Gasteiger charge is 2.12. The van der Waals surface area contributed by atoms with Crippen molar-refractivity contribution in [2.75, 3.05) is 0 Å². The zero-order chi connectivity index (χ0) is 14.8. The molecule has 2 aromatic carbocycles. The van der Waals surface area contributed by atoms with E-state index in [0.29, 0.717) is 21.6 Å². The first-order valence-electron chi connectivity index (χ1n) is 6.68. The van der Waals surface area contributed by atoms with Crippen LogP contribution in [0.3, 0.4) is 0 Å². The molecule has 0 bridgehead atoms. The lowest BCUT2D eigenvalue weighted by molar-refractivity contribution is 0.0950. The summed E-state index contributed by atoms with van der Waals surface area (Å²) in [6, 6.07) is 11.5. The van der Waals surface area contributed by atoms with E-state index >= 15 is 0 Å². The molecule has 3 rings (SSSR count). The summed E-state index contributed by atoms with van der Waals surface area (Å²) in [4.78, 5) is 12.2. The smallest absolute Gasteiger partial charge is 0.252 e. The number of fused-ring (bicyclic) bond motifs is 1. The summed E-state index contributed by atoms with van der Waals surface area (Å²) in [6.45, 7) is 2.35. The molecule has 2 N–H and O–H groups in total. The van der Waals surface area contributed by atoms with E-state index in [1.54, 1.807) is 18.2 Å². The average Bonchev–Trinajstić information content (AvgIpc) is 2.92. The summed E-state index contributed by atoms with van der Waals surface area (Å²) in [5.41, 5.74) is 4.35. The van der Waals surface area contributed by atoms with Crippen LogP contribution in [0.15, 0.2) is 40.9 Å². The van der Waals surface area contributed by atoms with E-state index in [4.69, 9.17) is 11.6 Å². The van der Waals surface area contributed by atoms with Gasteiger partial charge in [-0.15, -0.1) is 0 Å². The van der Waals surface area contributed by atoms with E-state index in [-0.39, 0.29) is 5.91 Å². The monoisotopic (exact) mass is 364 g/mol. The Balaban J connectivity index is 1.68. The van der Waals surface area contributed by atoms with Crippen LogP contribution >= 0.6 is 27.5 Å². The van der Waals surface area contributed by atoms with E-state index in [1.807, 2.05) is 0 Å². The fourth-order valence-electron chi connectivity index (χ4n) is 2.41. The van der Waals surface area contributed by atoms with Crippen molar-refractivity contribution in [3.8, 4) is 0 Å². The number of rotatable bonds is 3. The molecular formula is C16H14BrClN2O. The van der Waals surface area contributed by atoms with Crippen molar-refractivity contribution in [2.45, 2.75) is 19.6 Å². The molecule has 1 aliphatic rings. The van der Waals surface area contributed by atoms with Crippen LogP contribution in [0.1, 0.15) is 27.0 Å². The lowest BCUT2D eigenvalue weighted by atomic mass is 10.1. The van der Waals surface area contributed by atoms with E-state index in [0.717, 1.165) is 18.7 Å². The standard InChI is InChI=1S/C16H14BrClN2O/c17-15-6-13(18)3-4-14(15)16(21)20-7-10-1-2-11-8-19-9-12(11)5-10/h1-6,19H,7-9H2,(H,20,21). The third-order valence-corrected chi connectivity index (χ3v) is 4.42. The van der Waals surface area contributed by atoms with Gasteiger partial charge in [0.25, 0.3) is 5.91 Å². The summed E-state index contributed by atoms with van der Waals surface area (Å²) in [6.07, 6.45) is 0. The SMILES string of the molecule is O=C(NCc1ccc2c(c1)CNC2)c1ccc(Cl)cc1Br. The van der Waals surface area contributed by atoms with Gasteiger partial charge in [-0.3, -0.25) is 4.79 Å². The minimum absolute atomic E-state index is 0.114. The number of halogens is 2. The summed E-state index contributed by atoms with van der Waals surface area (Å²) < 4.78 is 0.700. The topological polar surface area (TPSA) is 41.1 Å². The second-order valence-electron chi connectivity index (χ2n) is 5.01. The molecule has 0 saturated carbocycles. The number of nitrogens with one attached hydrogen (secondary N) is 2. The van der Waals surface area contributed by atoms with Gasteiger partial charge in [-0.1, -0.05) is 29.8 Å². The molecule has 5 heteroatoms. The summed E-state index contributed by atoms with van der Waals surface area (Å²) >= 11 is 9.24. The molecule has 108 valence electrons. The van der Waals surface area contributed by atoms with Crippen molar-refractivity contribution < 1.29 is 4.79 Å². The van der Waals surface area contributed by atoms with Gasteiger partial charge in [0.1, 0.15) is 0 Å². The third kappa shape index (κ3) is 3.28. The Kier molecular flexibility index (Phi) is 4.29. The Hall–Kier alpha value is -1.36. The predicted octanol–water partition coefficient (Wildman–Crippen LogP) is 3.64. The van der Waals surface area contributed by atoms with Crippen molar-refractivity contribution >= 4 is 33.4 Å². The Labute approximate surface area is 136 Å². The van der Waals surface area contributed by atoms with Crippen LogP contribution in [0.5, 0.6) is 0 Å². The van der Waals surface area contributed by atoms with Gasteiger partial charge in [0.2, 0.25) is 0 Å². The van der Waals surface area contributed by atoms with Crippen LogP contribution in [-0.2, 0) is 19.6 Å². The molecule has 0 spiro atoms. The van der Waals surface area contributed by atoms with Crippen molar-refractivity contribution in [1.82, 2.24) is 10.6 Å². The maximum absolute atomic E-state index is 12.2. The van der Waals surface area contributed by atoms with E-state index in [1.165, 1.54) is 11.1 Å². The van der Waals surface area contributed by atoms with E-state index in [2.05, 4.69) is 44.8 Å². The maximum Gasteiger partial charge on any atom is 0.252 e. The van der Waals surface area contributed by atoms with Crippen molar-refractivity contribution in [3.05, 3.63) is 68.1 Å². The van der Waals surface area contributed by atoms with Crippen LogP contribution in [0.2, 0.25) is 5.02 Å². The minimum Gasteiger partial charge on any atom is -0.348 e. The van der Waals surface area contributed by atoms with E-state index in [9.17, 15) is 4.79 Å². The average molecular weight is 366 g/mol. The molecule has 1 aliphatic heterocycles. The van der Waals surface area contributed by atoms with Gasteiger partial charge in [-0.05, 0) is 50.8 Å². The number of hydrogen-bond acceptors (Lipinski definition) is 2. The largest absolute Gasteiger partial charge is 0.348 e. The highest BCUT2D eigenvalue weighted by molar-refractivity contribution is 9.10. The lowest BCUT2D eigenvalue weighted by Gasteiger charge is -2.08. The highest BCUT2D eigenvalue weighted by Crippen LogP contribution is 2.22. The van der Waals surface area contributed by atoms with Crippen molar-refractivity contribution in [2.24, 2.45) is 0 Å². The zero-order valence-corrected chi connectivity index (χ0v) is 13.6. The number of hydrogen-bond donors (Lipinski definition) is 2.